The van der Waals surface area contributed by atoms with Crippen LogP contribution in [0, 0.1) is 18.3 Å². The van der Waals surface area contributed by atoms with E-state index in [1.54, 1.807) is 6.07 Å². The van der Waals surface area contributed by atoms with Gasteiger partial charge in [-0.05, 0) is 66.0 Å². The number of rotatable bonds is 9. The molecule has 31 heavy (non-hydrogen) atoms. The Morgan fingerprint density at radius 2 is 1.81 bits per heavy atom. The van der Waals surface area contributed by atoms with Gasteiger partial charge in [-0.15, -0.1) is 11.8 Å². The van der Waals surface area contributed by atoms with Crippen LogP contribution in [-0.2, 0) is 15.5 Å². The lowest BCUT2D eigenvalue weighted by molar-refractivity contribution is 0.0534. The molecule has 6 heteroatoms. The van der Waals surface area contributed by atoms with Crippen molar-refractivity contribution in [3.63, 3.8) is 0 Å². The number of hydrogen-bond acceptors (Lipinski definition) is 5. The van der Waals surface area contributed by atoms with Crippen molar-refractivity contribution in [1.29, 1.82) is 0 Å². The van der Waals surface area contributed by atoms with Gasteiger partial charge in [-0.1, -0.05) is 59.8 Å². The van der Waals surface area contributed by atoms with E-state index >= 15 is 0 Å². The van der Waals surface area contributed by atoms with Crippen LogP contribution in [0.3, 0.4) is 0 Å². The van der Waals surface area contributed by atoms with Crippen molar-refractivity contribution < 1.29 is 17.7 Å². The van der Waals surface area contributed by atoms with Crippen molar-refractivity contribution in [3.05, 3.63) is 40.3 Å². The van der Waals surface area contributed by atoms with Crippen LogP contribution in [0.4, 0.5) is 0 Å². The topological polar surface area (TPSA) is 63.6 Å². The summed E-state index contributed by atoms with van der Waals surface area (Å²) in [5.74, 6) is 0.849. The molecule has 176 valence electrons. The first-order chi connectivity index (χ1) is 14.2. The first kappa shape index (κ1) is 26.3. The number of thioether (sulfide) groups is 1. The highest BCUT2D eigenvalue weighted by atomic mass is 32.2. The van der Waals surface area contributed by atoms with Gasteiger partial charge in [0.05, 0.1) is 12.4 Å². The van der Waals surface area contributed by atoms with Crippen molar-refractivity contribution in [3.8, 4) is 5.75 Å². The lowest BCUT2D eigenvalue weighted by Gasteiger charge is -2.35. The maximum atomic E-state index is 11.5. The van der Waals surface area contributed by atoms with Crippen LogP contribution >= 0.6 is 11.8 Å². The van der Waals surface area contributed by atoms with E-state index in [1.807, 2.05) is 24.8 Å². The summed E-state index contributed by atoms with van der Waals surface area (Å²) in [4.78, 5) is 1.40. The molecule has 3 unspecified atom stereocenters. The van der Waals surface area contributed by atoms with E-state index in [9.17, 15) is 13.5 Å². The third-order valence-corrected chi connectivity index (χ3v) is 8.88. The second-order valence-electron chi connectivity index (χ2n) is 10.1. The number of allylic oxidation sites excluding steroid dienone is 2. The minimum atomic E-state index is -3.55. The summed E-state index contributed by atoms with van der Waals surface area (Å²) in [6, 6.07) is 5.88. The molecule has 1 N–H and O–H groups in total. The maximum Gasteiger partial charge on any atom is 0.306 e. The zero-order chi connectivity index (χ0) is 23.6. The highest BCUT2D eigenvalue weighted by Gasteiger charge is 2.39. The summed E-state index contributed by atoms with van der Waals surface area (Å²) in [5.41, 5.74) is 1.85. The maximum absolute atomic E-state index is 11.5. The van der Waals surface area contributed by atoms with Gasteiger partial charge in [0, 0.05) is 10.7 Å². The average Bonchev–Trinajstić information content (AvgIpc) is 3.02. The molecule has 0 radical (unpaired) electrons. The predicted octanol–water partition coefficient (Wildman–Crippen LogP) is 6.21. The Balaban J connectivity index is 2.27. The Hall–Kier alpha value is -0.980. The first-order valence-corrected chi connectivity index (χ1v) is 14.0. The van der Waals surface area contributed by atoms with Crippen LogP contribution in [0.25, 0.3) is 0 Å². The van der Waals surface area contributed by atoms with E-state index in [4.69, 9.17) is 4.18 Å². The Labute approximate surface area is 194 Å². The molecule has 1 aliphatic rings. The smallest absolute Gasteiger partial charge is 0.306 e. The lowest BCUT2D eigenvalue weighted by Crippen LogP contribution is -2.27. The molecule has 0 fully saturated rings. The molecule has 1 aliphatic heterocycles. The monoisotopic (exact) mass is 468 g/mol. The largest absolute Gasteiger partial charge is 0.393 e. The molecule has 0 bridgehead atoms. The van der Waals surface area contributed by atoms with Crippen LogP contribution in [0.2, 0.25) is 0 Å². The van der Waals surface area contributed by atoms with Crippen molar-refractivity contribution in [2.45, 2.75) is 90.9 Å². The van der Waals surface area contributed by atoms with Gasteiger partial charge >= 0.3 is 10.1 Å². The quantitative estimate of drug-likeness (QED) is 0.436. The minimum absolute atomic E-state index is 0.0906. The average molecular weight is 469 g/mol. The van der Waals surface area contributed by atoms with Gasteiger partial charge in [0.2, 0.25) is 0 Å². The molecule has 1 aromatic carbocycles. The molecule has 1 heterocycles. The molecule has 0 aliphatic carbocycles. The number of aliphatic hydroxyl groups is 1. The molecule has 3 atom stereocenters. The predicted molar refractivity (Wildman–Crippen MR) is 132 cm³/mol. The summed E-state index contributed by atoms with van der Waals surface area (Å²) in [6.45, 7) is 14.9. The second kappa shape index (κ2) is 9.88. The van der Waals surface area contributed by atoms with Gasteiger partial charge in [0.1, 0.15) is 5.75 Å². The normalized spacial score (nSPS) is 21.1. The molecule has 4 nitrogen and oxygen atoms in total. The fourth-order valence-electron chi connectivity index (χ4n) is 4.36. The Morgan fingerprint density at radius 1 is 1.19 bits per heavy atom. The number of benzene rings is 1. The van der Waals surface area contributed by atoms with E-state index in [-0.39, 0.29) is 16.9 Å². The highest BCUT2D eigenvalue weighted by molar-refractivity contribution is 8.04. The van der Waals surface area contributed by atoms with Gasteiger partial charge in [-0.3, -0.25) is 0 Å². The Kier molecular flexibility index (Phi) is 8.37. The van der Waals surface area contributed by atoms with E-state index in [0.717, 1.165) is 37.5 Å². The number of hydrogen-bond donors (Lipinski definition) is 1. The standard InChI is InChI=1S/C25H40O4S2/c1-9-25(10-2,19-11-12-20(17(3)15-19)29-31(8,27)28)23-16-18(4)21(30-23)13-14-22(26)24(5,6)7/h11-12,15-16,18,21-22,26H,9-10,13-14H2,1-8H3. The van der Waals surface area contributed by atoms with Crippen LogP contribution < -0.4 is 4.18 Å². The van der Waals surface area contributed by atoms with Gasteiger partial charge < -0.3 is 9.29 Å². The fourth-order valence-corrected chi connectivity index (χ4v) is 6.67. The second-order valence-corrected chi connectivity index (χ2v) is 12.9. The number of aryl methyl sites for hydroxylation is 1. The van der Waals surface area contributed by atoms with Crippen LogP contribution in [-0.4, -0.2) is 31.1 Å². The summed E-state index contributed by atoms with van der Waals surface area (Å²) >= 11 is 1.97. The van der Waals surface area contributed by atoms with Crippen LogP contribution in [0.1, 0.15) is 78.4 Å². The lowest BCUT2D eigenvalue weighted by atomic mass is 9.74. The fraction of sp³-hybridized carbons (Fsp3) is 0.680. The Morgan fingerprint density at radius 3 is 2.29 bits per heavy atom. The molecule has 0 amide bonds. The van der Waals surface area contributed by atoms with Crippen LogP contribution in [0.5, 0.6) is 5.75 Å². The summed E-state index contributed by atoms with van der Waals surface area (Å²) < 4.78 is 28.2. The third kappa shape index (κ3) is 6.29. The molecule has 1 aromatic rings. The summed E-state index contributed by atoms with van der Waals surface area (Å²) in [6.07, 6.45) is 6.94. The van der Waals surface area contributed by atoms with Gasteiger partial charge in [-0.2, -0.15) is 8.42 Å². The van der Waals surface area contributed by atoms with E-state index in [0.29, 0.717) is 16.9 Å². The van der Waals surface area contributed by atoms with Crippen molar-refractivity contribution in [2.75, 3.05) is 6.26 Å². The number of aliphatic hydroxyl groups excluding tert-OH is 1. The highest BCUT2D eigenvalue weighted by Crippen LogP contribution is 2.52. The molecule has 2 rings (SSSR count). The molecule has 0 spiro atoms. The van der Waals surface area contributed by atoms with Crippen LogP contribution in [0.15, 0.2) is 29.2 Å². The van der Waals surface area contributed by atoms with Crippen molar-refractivity contribution in [1.82, 2.24) is 0 Å². The molecule has 0 saturated heterocycles. The van der Waals surface area contributed by atoms with E-state index in [2.05, 4.69) is 53.7 Å². The zero-order valence-electron chi connectivity index (χ0n) is 20.4. The van der Waals surface area contributed by atoms with Gasteiger partial charge in [-0.25, -0.2) is 0 Å². The SMILES string of the molecule is CCC(CC)(C1=CC(C)C(CCC(O)C(C)(C)C)S1)c1ccc(OS(C)(=O)=O)c(C)c1. The summed E-state index contributed by atoms with van der Waals surface area (Å²) in [7, 11) is -3.55. The molecular weight excluding hydrogens is 428 g/mol. The Bertz CT molecular complexity index is 893. The van der Waals surface area contributed by atoms with Gasteiger partial charge in [0.15, 0.2) is 0 Å². The van der Waals surface area contributed by atoms with Crippen molar-refractivity contribution >= 4 is 21.9 Å². The van der Waals surface area contributed by atoms with E-state index in [1.165, 1.54) is 10.5 Å². The zero-order valence-corrected chi connectivity index (χ0v) is 22.0. The third-order valence-electron chi connectivity index (χ3n) is 6.65. The summed E-state index contributed by atoms with van der Waals surface area (Å²) in [5, 5.41) is 11.0. The molecule has 0 aromatic heterocycles. The minimum Gasteiger partial charge on any atom is -0.393 e. The van der Waals surface area contributed by atoms with Crippen molar-refractivity contribution in [2.24, 2.45) is 11.3 Å². The van der Waals surface area contributed by atoms with Gasteiger partial charge in [0.25, 0.3) is 0 Å². The van der Waals surface area contributed by atoms with E-state index < -0.39 is 10.1 Å². The molecular formula is C25H40O4S2. The first-order valence-electron chi connectivity index (χ1n) is 11.3. The molecule has 0 saturated carbocycles.